The van der Waals surface area contributed by atoms with Crippen LogP contribution in [0.3, 0.4) is 0 Å². The third kappa shape index (κ3) is 6.45. The summed E-state index contributed by atoms with van der Waals surface area (Å²) < 4.78 is 10.7. The molecule has 0 bridgehead atoms. The second-order valence-electron chi connectivity index (χ2n) is 11.2. The minimum Gasteiger partial charge on any atom is -0.497 e. The summed E-state index contributed by atoms with van der Waals surface area (Å²) >= 11 is 0. The highest BCUT2D eigenvalue weighted by atomic mass is 16.5. The fourth-order valence-corrected chi connectivity index (χ4v) is 5.55. The lowest BCUT2D eigenvalue weighted by molar-refractivity contribution is -0.123. The van der Waals surface area contributed by atoms with Gasteiger partial charge in [-0.05, 0) is 41.9 Å². The van der Waals surface area contributed by atoms with Crippen LogP contribution in [0, 0.1) is 5.92 Å². The number of anilines is 1. The Kier molecular flexibility index (Phi) is 8.42. The van der Waals surface area contributed by atoms with Gasteiger partial charge in [-0.25, -0.2) is 0 Å². The van der Waals surface area contributed by atoms with Crippen LogP contribution >= 0.6 is 0 Å². The summed E-state index contributed by atoms with van der Waals surface area (Å²) in [5.41, 5.74) is 2.65. The number of ether oxygens (including phenoxy) is 2. The van der Waals surface area contributed by atoms with E-state index in [2.05, 4.69) is 43.1 Å². The molecular formula is C30H41N3O4. The highest BCUT2D eigenvalue weighted by Gasteiger charge is 2.37. The standard InChI is InChI=1S/C30H41N3O4/c1-30(2,3)23-12-10-22(11-13-23)29(35)33-16-14-32(15-17-33)27(21-8-6-7-9-21)28(34)31-24-18-25(36-4)20-26(19-24)37-5/h10-13,18-21,27H,6-9,14-17H2,1-5H3,(H,31,34)/t27-/m0/s1. The van der Waals surface area contributed by atoms with Gasteiger partial charge in [0.2, 0.25) is 5.91 Å². The Bertz CT molecular complexity index is 1060. The highest BCUT2D eigenvalue weighted by molar-refractivity contribution is 5.96. The molecule has 2 aliphatic rings. The van der Waals surface area contributed by atoms with Crippen molar-refractivity contribution < 1.29 is 19.1 Å². The predicted octanol–water partition coefficient (Wildman–Crippen LogP) is 4.96. The molecule has 0 unspecified atom stereocenters. The number of nitrogens with zero attached hydrogens (tertiary/aromatic N) is 2. The Labute approximate surface area is 221 Å². The number of rotatable bonds is 7. The quantitative estimate of drug-likeness (QED) is 0.574. The van der Waals surface area contributed by atoms with Crippen LogP contribution in [0.2, 0.25) is 0 Å². The van der Waals surface area contributed by atoms with E-state index in [4.69, 9.17) is 9.47 Å². The number of hydrogen-bond donors (Lipinski definition) is 1. The number of carbonyl (C=O) groups is 2. The molecular weight excluding hydrogens is 466 g/mol. The third-order valence-electron chi connectivity index (χ3n) is 7.73. The minimum absolute atomic E-state index is 0.000230. The van der Waals surface area contributed by atoms with Gasteiger partial charge in [0.1, 0.15) is 11.5 Å². The average molecular weight is 508 g/mol. The van der Waals surface area contributed by atoms with Crippen molar-refractivity contribution in [2.24, 2.45) is 5.92 Å². The third-order valence-corrected chi connectivity index (χ3v) is 7.73. The molecule has 0 aromatic heterocycles. The van der Waals surface area contributed by atoms with Gasteiger partial charge in [-0.3, -0.25) is 14.5 Å². The van der Waals surface area contributed by atoms with Gasteiger partial charge in [0, 0.05) is 55.6 Å². The number of amides is 2. The van der Waals surface area contributed by atoms with Crippen molar-refractivity contribution in [2.75, 3.05) is 45.7 Å². The minimum atomic E-state index is -0.219. The first-order valence-corrected chi connectivity index (χ1v) is 13.4. The van der Waals surface area contributed by atoms with Crippen molar-refractivity contribution >= 4 is 17.5 Å². The fraction of sp³-hybridized carbons (Fsp3) is 0.533. The molecule has 2 aromatic rings. The maximum atomic E-state index is 13.6. The number of benzene rings is 2. The summed E-state index contributed by atoms with van der Waals surface area (Å²) in [4.78, 5) is 31.0. The second kappa shape index (κ2) is 11.5. The summed E-state index contributed by atoms with van der Waals surface area (Å²) in [7, 11) is 3.20. The summed E-state index contributed by atoms with van der Waals surface area (Å²) in [5, 5.41) is 3.12. The lowest BCUT2D eigenvalue weighted by Gasteiger charge is -2.40. The van der Waals surface area contributed by atoms with Crippen molar-refractivity contribution in [1.82, 2.24) is 9.80 Å². The second-order valence-corrected chi connectivity index (χ2v) is 11.2. The normalized spacial score (nSPS) is 17.9. The Morgan fingerprint density at radius 3 is 1.97 bits per heavy atom. The number of piperazine rings is 1. The molecule has 2 amide bonds. The van der Waals surface area contributed by atoms with Crippen LogP contribution < -0.4 is 14.8 Å². The van der Waals surface area contributed by atoms with Crippen LogP contribution in [0.1, 0.15) is 62.4 Å². The number of carbonyl (C=O) groups excluding carboxylic acids is 2. The SMILES string of the molecule is COc1cc(NC(=O)[C@H](C2CCCC2)N2CCN(C(=O)c3ccc(C(C)(C)C)cc3)CC2)cc(OC)c1. The van der Waals surface area contributed by atoms with Gasteiger partial charge in [-0.15, -0.1) is 0 Å². The molecule has 1 atom stereocenters. The first-order chi connectivity index (χ1) is 17.7. The van der Waals surface area contributed by atoms with E-state index in [1.807, 2.05) is 29.2 Å². The van der Waals surface area contributed by atoms with Crippen molar-refractivity contribution in [2.45, 2.75) is 57.9 Å². The zero-order valence-corrected chi connectivity index (χ0v) is 22.9. The van der Waals surface area contributed by atoms with E-state index in [9.17, 15) is 9.59 Å². The molecule has 7 nitrogen and oxygen atoms in total. The molecule has 2 fully saturated rings. The molecule has 1 aliphatic carbocycles. The van der Waals surface area contributed by atoms with E-state index < -0.39 is 0 Å². The number of methoxy groups -OCH3 is 2. The van der Waals surface area contributed by atoms with Crippen LogP contribution in [0.4, 0.5) is 5.69 Å². The van der Waals surface area contributed by atoms with E-state index in [-0.39, 0.29) is 23.3 Å². The van der Waals surface area contributed by atoms with Gasteiger partial charge in [0.25, 0.3) is 5.91 Å². The summed E-state index contributed by atoms with van der Waals surface area (Å²) in [6, 6.07) is 13.2. The van der Waals surface area contributed by atoms with Crippen molar-refractivity contribution in [3.05, 3.63) is 53.6 Å². The van der Waals surface area contributed by atoms with Crippen molar-refractivity contribution in [3.63, 3.8) is 0 Å². The van der Waals surface area contributed by atoms with Crippen LogP contribution in [0.5, 0.6) is 11.5 Å². The molecule has 1 saturated carbocycles. The Balaban J connectivity index is 1.43. The van der Waals surface area contributed by atoms with Gasteiger partial charge in [-0.2, -0.15) is 0 Å². The zero-order chi connectivity index (χ0) is 26.6. The van der Waals surface area contributed by atoms with Gasteiger partial charge in [0.15, 0.2) is 0 Å². The van der Waals surface area contributed by atoms with Crippen LogP contribution in [0.15, 0.2) is 42.5 Å². The van der Waals surface area contributed by atoms with Crippen LogP contribution in [-0.4, -0.2) is 68.1 Å². The van der Waals surface area contributed by atoms with E-state index in [0.29, 0.717) is 49.3 Å². The Hall–Kier alpha value is -3.06. The first kappa shape index (κ1) is 27.0. The van der Waals surface area contributed by atoms with E-state index in [0.717, 1.165) is 31.2 Å². The molecule has 7 heteroatoms. The Morgan fingerprint density at radius 1 is 0.892 bits per heavy atom. The van der Waals surface area contributed by atoms with Crippen molar-refractivity contribution in [1.29, 1.82) is 0 Å². The monoisotopic (exact) mass is 507 g/mol. The van der Waals surface area contributed by atoms with Gasteiger partial charge < -0.3 is 19.7 Å². The summed E-state index contributed by atoms with van der Waals surface area (Å²) in [5.74, 6) is 1.65. The van der Waals surface area contributed by atoms with Gasteiger partial charge >= 0.3 is 0 Å². The lowest BCUT2D eigenvalue weighted by Crippen LogP contribution is -2.56. The maximum Gasteiger partial charge on any atom is 0.253 e. The zero-order valence-electron chi connectivity index (χ0n) is 22.9. The van der Waals surface area contributed by atoms with Gasteiger partial charge in [0.05, 0.1) is 20.3 Å². The molecule has 200 valence electrons. The van der Waals surface area contributed by atoms with E-state index >= 15 is 0 Å². The molecule has 4 rings (SSSR count). The molecule has 1 saturated heterocycles. The number of hydrogen-bond acceptors (Lipinski definition) is 5. The number of nitrogens with one attached hydrogen (secondary N) is 1. The molecule has 1 aliphatic heterocycles. The maximum absolute atomic E-state index is 13.6. The average Bonchev–Trinajstić information content (AvgIpc) is 3.42. The van der Waals surface area contributed by atoms with Crippen LogP contribution in [0.25, 0.3) is 0 Å². The molecule has 1 N–H and O–H groups in total. The van der Waals surface area contributed by atoms with E-state index in [1.165, 1.54) is 5.56 Å². The first-order valence-electron chi connectivity index (χ1n) is 13.4. The molecule has 0 radical (unpaired) electrons. The molecule has 2 aromatic carbocycles. The lowest BCUT2D eigenvalue weighted by atomic mass is 9.86. The largest absolute Gasteiger partial charge is 0.497 e. The fourth-order valence-electron chi connectivity index (χ4n) is 5.55. The van der Waals surface area contributed by atoms with Gasteiger partial charge in [-0.1, -0.05) is 45.7 Å². The van der Waals surface area contributed by atoms with E-state index in [1.54, 1.807) is 20.3 Å². The molecule has 37 heavy (non-hydrogen) atoms. The summed E-state index contributed by atoms with van der Waals surface area (Å²) in [6.45, 7) is 9.11. The highest BCUT2D eigenvalue weighted by Crippen LogP contribution is 2.33. The molecule has 0 spiro atoms. The molecule has 1 heterocycles. The van der Waals surface area contributed by atoms with Crippen LogP contribution in [-0.2, 0) is 10.2 Å². The predicted molar refractivity (Wildman–Crippen MR) is 147 cm³/mol. The topological polar surface area (TPSA) is 71.1 Å². The summed E-state index contributed by atoms with van der Waals surface area (Å²) in [6.07, 6.45) is 4.42. The van der Waals surface area contributed by atoms with Crippen molar-refractivity contribution in [3.8, 4) is 11.5 Å². The Morgan fingerprint density at radius 2 is 1.46 bits per heavy atom. The smallest absolute Gasteiger partial charge is 0.253 e.